The predicted octanol–water partition coefficient (Wildman–Crippen LogP) is 4.28. The summed E-state index contributed by atoms with van der Waals surface area (Å²) >= 11 is 0. The Morgan fingerprint density at radius 3 is 2.27 bits per heavy atom. The molecule has 3 aromatic carbocycles. The Morgan fingerprint density at radius 1 is 1.03 bits per heavy atom. The topological polar surface area (TPSA) is 110 Å². The van der Waals surface area contributed by atoms with Gasteiger partial charge in [-0.05, 0) is 56.2 Å². The molecule has 1 unspecified atom stereocenters. The normalized spacial score (nSPS) is 12.1. The van der Waals surface area contributed by atoms with Gasteiger partial charge in [0.2, 0.25) is 5.91 Å². The molecule has 1 atom stereocenters. The van der Waals surface area contributed by atoms with E-state index in [0.717, 1.165) is 21.0 Å². The fourth-order valence-electron chi connectivity index (χ4n) is 3.50. The molecule has 172 valence electrons. The number of nitrogens with one attached hydrogen (secondary N) is 1. The Labute approximate surface area is 193 Å². The van der Waals surface area contributed by atoms with Crippen LogP contribution in [0.3, 0.4) is 0 Å². The molecule has 0 heterocycles. The lowest BCUT2D eigenvalue weighted by Gasteiger charge is -2.25. The summed E-state index contributed by atoms with van der Waals surface area (Å²) in [4.78, 5) is 23.4. The van der Waals surface area contributed by atoms with Crippen molar-refractivity contribution in [1.29, 1.82) is 0 Å². The van der Waals surface area contributed by atoms with E-state index in [1.54, 1.807) is 18.2 Å². The maximum Gasteiger partial charge on any atom is 0.269 e. The van der Waals surface area contributed by atoms with E-state index in [1.807, 2.05) is 39.0 Å². The van der Waals surface area contributed by atoms with E-state index >= 15 is 0 Å². The maximum absolute atomic E-state index is 13.4. The molecule has 0 aliphatic carbocycles. The van der Waals surface area contributed by atoms with E-state index in [2.05, 4.69) is 5.32 Å². The van der Waals surface area contributed by atoms with Gasteiger partial charge in [-0.2, -0.15) is 0 Å². The second-order valence-corrected chi connectivity index (χ2v) is 9.61. The molecule has 0 saturated carbocycles. The Hall–Kier alpha value is -3.72. The lowest BCUT2D eigenvalue weighted by molar-refractivity contribution is -0.384. The van der Waals surface area contributed by atoms with Crippen LogP contribution in [0.25, 0.3) is 0 Å². The number of rotatable bonds is 8. The average Bonchev–Trinajstić information content (AvgIpc) is 2.79. The molecule has 0 saturated heterocycles. The van der Waals surface area contributed by atoms with Crippen LogP contribution in [0.5, 0.6) is 0 Å². The lowest BCUT2D eigenvalue weighted by atomic mass is 10.00. The van der Waals surface area contributed by atoms with E-state index < -0.39 is 27.4 Å². The minimum absolute atomic E-state index is 0.0127. The van der Waals surface area contributed by atoms with E-state index in [-0.39, 0.29) is 22.3 Å². The lowest BCUT2D eigenvalue weighted by Crippen LogP contribution is -2.41. The van der Waals surface area contributed by atoms with E-state index in [0.29, 0.717) is 0 Å². The molecular formula is C24H25N3O5S. The Morgan fingerprint density at radius 2 is 1.67 bits per heavy atom. The van der Waals surface area contributed by atoms with Gasteiger partial charge >= 0.3 is 0 Å². The number of nitro benzene ring substituents is 1. The molecule has 33 heavy (non-hydrogen) atoms. The predicted molar refractivity (Wildman–Crippen MR) is 127 cm³/mol. The van der Waals surface area contributed by atoms with Crippen LogP contribution in [0, 0.1) is 24.0 Å². The van der Waals surface area contributed by atoms with Gasteiger partial charge in [0, 0.05) is 12.1 Å². The summed E-state index contributed by atoms with van der Waals surface area (Å²) in [6, 6.07) is 18.4. The fourth-order valence-corrected chi connectivity index (χ4v) is 4.94. The number of non-ortho nitro benzene ring substituents is 1. The van der Waals surface area contributed by atoms with Crippen molar-refractivity contribution in [2.45, 2.75) is 31.7 Å². The van der Waals surface area contributed by atoms with Crippen LogP contribution in [0.4, 0.5) is 11.4 Å². The third kappa shape index (κ3) is 5.56. The third-order valence-electron chi connectivity index (χ3n) is 5.25. The number of benzene rings is 3. The first-order valence-electron chi connectivity index (χ1n) is 10.3. The van der Waals surface area contributed by atoms with E-state index in [4.69, 9.17) is 0 Å². The molecule has 0 aliphatic heterocycles. The number of carbonyl (C=O) groups is 1. The van der Waals surface area contributed by atoms with Crippen molar-refractivity contribution >= 4 is 27.3 Å². The SMILES string of the molecule is Cc1ccc(C)c(C(C)NC(=O)CN(c2ccc([N+](=O)[O-])cc2)S(=O)(=O)c2ccccc2)c1. The van der Waals surface area contributed by atoms with Crippen LogP contribution in [0.2, 0.25) is 0 Å². The standard InChI is InChI=1S/C24H25N3O5S/c1-17-9-10-18(2)23(15-17)19(3)25-24(28)16-26(20-11-13-21(14-12-20)27(29)30)33(31,32)22-7-5-4-6-8-22/h4-15,19H,16H2,1-3H3,(H,25,28). The zero-order chi connectivity index (χ0) is 24.2. The number of nitrogens with zero attached hydrogens (tertiary/aromatic N) is 2. The highest BCUT2D eigenvalue weighted by atomic mass is 32.2. The molecular weight excluding hydrogens is 442 g/mol. The van der Waals surface area contributed by atoms with E-state index in [1.165, 1.54) is 36.4 Å². The monoisotopic (exact) mass is 467 g/mol. The third-order valence-corrected chi connectivity index (χ3v) is 7.03. The van der Waals surface area contributed by atoms with Gasteiger partial charge < -0.3 is 5.32 Å². The Kier molecular flexibility index (Phi) is 7.13. The van der Waals surface area contributed by atoms with Crippen LogP contribution in [0.1, 0.15) is 29.7 Å². The summed E-state index contributed by atoms with van der Waals surface area (Å²) in [7, 11) is -4.09. The molecule has 8 nitrogen and oxygen atoms in total. The van der Waals surface area contributed by atoms with Gasteiger partial charge in [-0.25, -0.2) is 8.42 Å². The quantitative estimate of drug-likeness (QED) is 0.393. The number of aryl methyl sites for hydroxylation is 2. The highest BCUT2D eigenvalue weighted by molar-refractivity contribution is 7.92. The number of sulfonamides is 1. The molecule has 3 rings (SSSR count). The minimum atomic E-state index is -4.09. The van der Waals surface area contributed by atoms with Crippen molar-refractivity contribution in [3.63, 3.8) is 0 Å². The summed E-state index contributed by atoms with van der Waals surface area (Å²) < 4.78 is 27.7. The van der Waals surface area contributed by atoms with Gasteiger partial charge in [-0.1, -0.05) is 42.0 Å². The van der Waals surface area contributed by atoms with Gasteiger partial charge in [0.15, 0.2) is 0 Å². The molecule has 0 aromatic heterocycles. The van der Waals surface area contributed by atoms with Gasteiger partial charge in [0.05, 0.1) is 21.5 Å². The molecule has 1 amide bonds. The van der Waals surface area contributed by atoms with Gasteiger partial charge in [0.25, 0.3) is 15.7 Å². The zero-order valence-corrected chi connectivity index (χ0v) is 19.4. The van der Waals surface area contributed by atoms with Crippen molar-refractivity contribution in [2.24, 2.45) is 0 Å². The van der Waals surface area contributed by atoms with Gasteiger partial charge in [0.1, 0.15) is 6.54 Å². The van der Waals surface area contributed by atoms with Crippen molar-refractivity contribution < 1.29 is 18.1 Å². The summed E-state index contributed by atoms with van der Waals surface area (Å²) in [5.41, 5.74) is 2.98. The van der Waals surface area contributed by atoms with Crippen molar-refractivity contribution in [3.05, 3.63) is 99.6 Å². The smallest absolute Gasteiger partial charge is 0.269 e. The first-order valence-corrected chi connectivity index (χ1v) is 11.7. The number of carbonyl (C=O) groups excluding carboxylic acids is 1. The molecule has 0 aliphatic rings. The van der Waals surface area contributed by atoms with Gasteiger partial charge in [-0.3, -0.25) is 19.2 Å². The summed E-state index contributed by atoms with van der Waals surface area (Å²) in [6.45, 7) is 5.26. The Balaban J connectivity index is 1.91. The summed E-state index contributed by atoms with van der Waals surface area (Å²) in [5.74, 6) is -0.499. The van der Waals surface area contributed by atoms with Crippen LogP contribution in [-0.4, -0.2) is 25.8 Å². The molecule has 1 N–H and O–H groups in total. The molecule has 9 heteroatoms. The Bertz CT molecular complexity index is 1260. The molecule has 0 fully saturated rings. The van der Waals surface area contributed by atoms with Crippen LogP contribution < -0.4 is 9.62 Å². The van der Waals surface area contributed by atoms with Crippen molar-refractivity contribution in [3.8, 4) is 0 Å². The van der Waals surface area contributed by atoms with Crippen LogP contribution >= 0.6 is 0 Å². The zero-order valence-electron chi connectivity index (χ0n) is 18.6. The molecule has 3 aromatic rings. The summed E-state index contributed by atoms with van der Waals surface area (Å²) in [6.07, 6.45) is 0. The fraction of sp³-hybridized carbons (Fsp3) is 0.208. The first-order chi connectivity index (χ1) is 15.6. The number of nitro groups is 1. The molecule has 0 radical (unpaired) electrons. The van der Waals surface area contributed by atoms with Crippen LogP contribution in [-0.2, 0) is 14.8 Å². The second-order valence-electron chi connectivity index (χ2n) is 7.75. The average molecular weight is 468 g/mol. The van der Waals surface area contributed by atoms with E-state index in [9.17, 15) is 23.3 Å². The molecule has 0 spiro atoms. The minimum Gasteiger partial charge on any atom is -0.348 e. The van der Waals surface area contributed by atoms with Gasteiger partial charge in [-0.15, -0.1) is 0 Å². The number of anilines is 1. The van der Waals surface area contributed by atoms with Crippen molar-refractivity contribution in [2.75, 3.05) is 10.8 Å². The summed E-state index contributed by atoms with van der Waals surface area (Å²) in [5, 5.41) is 13.9. The maximum atomic E-state index is 13.4. The van der Waals surface area contributed by atoms with Crippen molar-refractivity contribution in [1.82, 2.24) is 5.32 Å². The second kappa shape index (κ2) is 9.83. The highest BCUT2D eigenvalue weighted by Gasteiger charge is 2.28. The van der Waals surface area contributed by atoms with Crippen LogP contribution in [0.15, 0.2) is 77.7 Å². The first kappa shape index (κ1) is 23.9. The highest BCUT2D eigenvalue weighted by Crippen LogP contribution is 2.26. The number of hydrogen-bond donors (Lipinski definition) is 1. The number of amides is 1. The largest absolute Gasteiger partial charge is 0.348 e. The number of hydrogen-bond acceptors (Lipinski definition) is 5. The molecule has 0 bridgehead atoms.